The van der Waals surface area contributed by atoms with Gasteiger partial charge in [0, 0.05) is 13.1 Å². The standard InChI is InChI=1S/C15H26N4O/c1-4-16-10-13-6-8-19(9-7-13)14-12(3)15(20-5-2)18-11-17-14/h11,13,16H,4-10H2,1-3H3. The summed E-state index contributed by atoms with van der Waals surface area (Å²) in [4.78, 5) is 11.0. The van der Waals surface area contributed by atoms with Crippen LogP contribution in [-0.2, 0) is 0 Å². The Bertz CT molecular complexity index is 416. The van der Waals surface area contributed by atoms with Crippen LogP contribution in [-0.4, -0.2) is 42.8 Å². The molecule has 0 bridgehead atoms. The van der Waals surface area contributed by atoms with E-state index in [4.69, 9.17) is 4.74 Å². The fourth-order valence-corrected chi connectivity index (χ4v) is 2.72. The number of aromatic nitrogens is 2. The Hall–Kier alpha value is -1.36. The average Bonchev–Trinajstić information content (AvgIpc) is 2.48. The number of nitrogens with one attached hydrogen (secondary N) is 1. The fourth-order valence-electron chi connectivity index (χ4n) is 2.72. The molecule has 2 rings (SSSR count). The van der Waals surface area contributed by atoms with Crippen LogP contribution < -0.4 is 15.0 Å². The third kappa shape index (κ3) is 3.60. The molecular formula is C15H26N4O. The molecule has 0 unspecified atom stereocenters. The van der Waals surface area contributed by atoms with E-state index in [0.717, 1.165) is 43.5 Å². The minimum Gasteiger partial charge on any atom is -0.478 e. The molecular weight excluding hydrogens is 252 g/mol. The summed E-state index contributed by atoms with van der Waals surface area (Å²) >= 11 is 0. The third-order valence-electron chi connectivity index (χ3n) is 3.89. The molecule has 2 heterocycles. The summed E-state index contributed by atoms with van der Waals surface area (Å²) in [5.41, 5.74) is 1.06. The number of anilines is 1. The van der Waals surface area contributed by atoms with E-state index in [1.807, 2.05) is 13.8 Å². The van der Waals surface area contributed by atoms with Gasteiger partial charge in [-0.1, -0.05) is 6.92 Å². The quantitative estimate of drug-likeness (QED) is 0.862. The summed E-state index contributed by atoms with van der Waals surface area (Å²) in [5, 5.41) is 3.45. The first-order valence-electron chi connectivity index (χ1n) is 7.66. The maximum Gasteiger partial charge on any atom is 0.221 e. The minimum atomic E-state index is 0.641. The summed E-state index contributed by atoms with van der Waals surface area (Å²) < 4.78 is 5.55. The fraction of sp³-hybridized carbons (Fsp3) is 0.733. The molecule has 1 N–H and O–H groups in total. The van der Waals surface area contributed by atoms with Gasteiger partial charge in [-0.3, -0.25) is 0 Å². The van der Waals surface area contributed by atoms with Crippen LogP contribution in [0.3, 0.4) is 0 Å². The van der Waals surface area contributed by atoms with E-state index in [1.165, 1.54) is 12.8 Å². The highest BCUT2D eigenvalue weighted by atomic mass is 16.5. The van der Waals surface area contributed by atoms with Crippen LogP contribution in [0.5, 0.6) is 5.88 Å². The van der Waals surface area contributed by atoms with Gasteiger partial charge in [0.05, 0.1) is 12.2 Å². The van der Waals surface area contributed by atoms with Crippen LogP contribution in [0.1, 0.15) is 32.3 Å². The van der Waals surface area contributed by atoms with E-state index in [-0.39, 0.29) is 0 Å². The van der Waals surface area contributed by atoms with Crippen molar-refractivity contribution in [2.45, 2.75) is 33.6 Å². The molecule has 1 aliphatic rings. The number of rotatable bonds is 6. The van der Waals surface area contributed by atoms with Gasteiger partial charge in [-0.15, -0.1) is 0 Å². The topological polar surface area (TPSA) is 50.3 Å². The second kappa shape index (κ2) is 7.43. The monoisotopic (exact) mass is 278 g/mol. The lowest BCUT2D eigenvalue weighted by Crippen LogP contribution is -2.38. The van der Waals surface area contributed by atoms with E-state index in [9.17, 15) is 0 Å². The number of hydrogen-bond acceptors (Lipinski definition) is 5. The van der Waals surface area contributed by atoms with Crippen molar-refractivity contribution in [3.8, 4) is 5.88 Å². The lowest BCUT2D eigenvalue weighted by Gasteiger charge is -2.33. The molecule has 0 amide bonds. The maximum atomic E-state index is 5.55. The highest BCUT2D eigenvalue weighted by Gasteiger charge is 2.22. The third-order valence-corrected chi connectivity index (χ3v) is 3.89. The lowest BCUT2D eigenvalue weighted by atomic mass is 9.96. The van der Waals surface area contributed by atoms with Crippen LogP contribution in [0.15, 0.2) is 6.33 Å². The van der Waals surface area contributed by atoms with Gasteiger partial charge in [0.1, 0.15) is 12.1 Å². The van der Waals surface area contributed by atoms with Crippen LogP contribution in [0.4, 0.5) is 5.82 Å². The van der Waals surface area contributed by atoms with Crippen LogP contribution in [0, 0.1) is 12.8 Å². The van der Waals surface area contributed by atoms with E-state index in [1.54, 1.807) is 6.33 Å². The predicted molar refractivity (Wildman–Crippen MR) is 81.4 cm³/mol. The molecule has 112 valence electrons. The van der Waals surface area contributed by atoms with Gasteiger partial charge >= 0.3 is 0 Å². The van der Waals surface area contributed by atoms with Gasteiger partial charge in [0.25, 0.3) is 0 Å². The SMILES string of the molecule is CCNCC1CCN(c2ncnc(OCC)c2C)CC1. The summed E-state index contributed by atoms with van der Waals surface area (Å²) in [6.07, 6.45) is 4.05. The van der Waals surface area contributed by atoms with Crippen LogP contribution >= 0.6 is 0 Å². The first-order valence-corrected chi connectivity index (χ1v) is 7.66. The molecule has 1 aromatic heterocycles. The molecule has 5 nitrogen and oxygen atoms in total. The van der Waals surface area contributed by atoms with Gasteiger partial charge in [-0.25, -0.2) is 9.97 Å². The Kier molecular flexibility index (Phi) is 5.59. The molecule has 0 aromatic carbocycles. The van der Waals surface area contributed by atoms with Crippen molar-refractivity contribution in [3.05, 3.63) is 11.9 Å². The zero-order valence-electron chi connectivity index (χ0n) is 12.9. The number of piperidine rings is 1. The highest BCUT2D eigenvalue weighted by molar-refractivity contribution is 5.50. The Morgan fingerprint density at radius 2 is 2.05 bits per heavy atom. The summed E-state index contributed by atoms with van der Waals surface area (Å²) in [7, 11) is 0. The van der Waals surface area contributed by atoms with Crippen molar-refractivity contribution in [2.75, 3.05) is 37.7 Å². The summed E-state index contributed by atoms with van der Waals surface area (Å²) in [5.74, 6) is 2.54. The maximum absolute atomic E-state index is 5.55. The molecule has 1 aliphatic heterocycles. The van der Waals surface area contributed by atoms with Crippen molar-refractivity contribution < 1.29 is 4.74 Å². The van der Waals surface area contributed by atoms with Crippen molar-refractivity contribution in [1.29, 1.82) is 0 Å². The molecule has 0 spiro atoms. The van der Waals surface area contributed by atoms with E-state index >= 15 is 0 Å². The summed E-state index contributed by atoms with van der Waals surface area (Å²) in [6.45, 7) is 11.2. The largest absolute Gasteiger partial charge is 0.478 e. The number of ether oxygens (including phenoxy) is 1. The lowest BCUT2D eigenvalue weighted by molar-refractivity contribution is 0.323. The van der Waals surface area contributed by atoms with Crippen molar-refractivity contribution in [3.63, 3.8) is 0 Å². The molecule has 0 radical (unpaired) electrons. The van der Waals surface area contributed by atoms with E-state index < -0.39 is 0 Å². The zero-order chi connectivity index (χ0) is 14.4. The average molecular weight is 278 g/mol. The van der Waals surface area contributed by atoms with Gasteiger partial charge in [0.2, 0.25) is 5.88 Å². The van der Waals surface area contributed by atoms with Gasteiger partial charge in [0.15, 0.2) is 0 Å². The normalized spacial score (nSPS) is 16.4. The summed E-state index contributed by atoms with van der Waals surface area (Å²) in [6, 6.07) is 0. The Labute approximate surface area is 121 Å². The molecule has 1 saturated heterocycles. The van der Waals surface area contributed by atoms with Crippen molar-refractivity contribution in [2.24, 2.45) is 5.92 Å². The van der Waals surface area contributed by atoms with E-state index in [2.05, 4.69) is 27.1 Å². The molecule has 0 aliphatic carbocycles. The predicted octanol–water partition coefficient (Wildman–Crippen LogP) is 2.01. The van der Waals surface area contributed by atoms with Gasteiger partial charge in [-0.2, -0.15) is 0 Å². The highest BCUT2D eigenvalue weighted by Crippen LogP contribution is 2.27. The first kappa shape index (κ1) is 15.0. The van der Waals surface area contributed by atoms with Crippen molar-refractivity contribution >= 4 is 5.82 Å². The van der Waals surface area contributed by atoms with Gasteiger partial charge in [-0.05, 0) is 45.7 Å². The van der Waals surface area contributed by atoms with Gasteiger partial charge < -0.3 is 15.0 Å². The molecule has 20 heavy (non-hydrogen) atoms. The Morgan fingerprint density at radius 1 is 1.30 bits per heavy atom. The molecule has 1 aromatic rings. The minimum absolute atomic E-state index is 0.641. The number of hydrogen-bond donors (Lipinski definition) is 1. The van der Waals surface area contributed by atoms with Crippen molar-refractivity contribution in [1.82, 2.24) is 15.3 Å². The zero-order valence-corrected chi connectivity index (χ0v) is 12.9. The molecule has 0 atom stereocenters. The molecule has 1 fully saturated rings. The number of nitrogens with zero attached hydrogens (tertiary/aromatic N) is 3. The Balaban J connectivity index is 1.98. The van der Waals surface area contributed by atoms with Crippen LogP contribution in [0.2, 0.25) is 0 Å². The van der Waals surface area contributed by atoms with E-state index in [0.29, 0.717) is 12.5 Å². The second-order valence-corrected chi connectivity index (χ2v) is 5.30. The second-order valence-electron chi connectivity index (χ2n) is 5.30. The van der Waals surface area contributed by atoms with Crippen LogP contribution in [0.25, 0.3) is 0 Å². The smallest absolute Gasteiger partial charge is 0.221 e. The Morgan fingerprint density at radius 3 is 2.70 bits per heavy atom. The molecule has 5 heteroatoms. The first-order chi connectivity index (χ1) is 9.76. The molecule has 0 saturated carbocycles.